The minimum Gasteiger partial charge on any atom is -0.385 e. The molecule has 0 aromatic heterocycles. The van der Waals surface area contributed by atoms with Gasteiger partial charge in [0.15, 0.2) is 0 Å². The average molecular weight is 288 g/mol. The summed E-state index contributed by atoms with van der Waals surface area (Å²) in [7, 11) is 0. The molecule has 0 unspecified atom stereocenters. The normalized spacial score (nSPS) is 16.3. The third-order valence-corrected chi connectivity index (χ3v) is 4.86. The summed E-state index contributed by atoms with van der Waals surface area (Å²) >= 11 is 0. The van der Waals surface area contributed by atoms with Crippen molar-refractivity contribution >= 4 is 5.69 Å². The Balaban J connectivity index is 1.71. The number of rotatable bonds is 8. The zero-order valence-electron chi connectivity index (χ0n) is 13.9. The molecule has 0 bridgehead atoms. The van der Waals surface area contributed by atoms with Crippen molar-refractivity contribution in [1.82, 2.24) is 4.90 Å². The van der Waals surface area contributed by atoms with Crippen molar-refractivity contribution in [3.63, 3.8) is 0 Å². The number of hydrogen-bond donors (Lipinski definition) is 1. The van der Waals surface area contributed by atoms with E-state index in [4.69, 9.17) is 0 Å². The van der Waals surface area contributed by atoms with E-state index in [1.807, 2.05) is 0 Å². The lowest BCUT2D eigenvalue weighted by Gasteiger charge is -2.21. The lowest BCUT2D eigenvalue weighted by Crippen LogP contribution is -2.22. The van der Waals surface area contributed by atoms with Crippen LogP contribution in [0.15, 0.2) is 24.3 Å². The first-order chi connectivity index (χ1) is 10.3. The van der Waals surface area contributed by atoms with Gasteiger partial charge in [0, 0.05) is 18.8 Å². The van der Waals surface area contributed by atoms with Gasteiger partial charge in [0.2, 0.25) is 0 Å². The molecular formula is C19H32N2. The Hall–Kier alpha value is -1.02. The molecule has 2 heteroatoms. The fraction of sp³-hybridized carbons (Fsp3) is 0.684. The van der Waals surface area contributed by atoms with Gasteiger partial charge in [-0.1, -0.05) is 58.1 Å². The van der Waals surface area contributed by atoms with Crippen LogP contribution in [0.2, 0.25) is 0 Å². The summed E-state index contributed by atoms with van der Waals surface area (Å²) in [5.74, 6) is 0.966. The van der Waals surface area contributed by atoms with Crippen molar-refractivity contribution in [2.24, 2.45) is 5.92 Å². The summed E-state index contributed by atoms with van der Waals surface area (Å²) in [6.07, 6.45) is 8.59. The predicted octanol–water partition coefficient (Wildman–Crippen LogP) is 4.91. The van der Waals surface area contributed by atoms with Crippen LogP contribution in [0.5, 0.6) is 0 Å². The average Bonchev–Trinajstić information content (AvgIpc) is 2.55. The van der Waals surface area contributed by atoms with Crippen molar-refractivity contribution in [3.05, 3.63) is 29.8 Å². The maximum absolute atomic E-state index is 3.59. The molecule has 1 aliphatic rings. The SMILES string of the molecule is CCN(CC)Cc1ccc(NCCC2CCCCC2)cc1. The van der Waals surface area contributed by atoms with E-state index in [-0.39, 0.29) is 0 Å². The maximum atomic E-state index is 3.59. The predicted molar refractivity (Wildman–Crippen MR) is 92.7 cm³/mol. The van der Waals surface area contributed by atoms with Crippen LogP contribution in [-0.2, 0) is 6.54 Å². The fourth-order valence-corrected chi connectivity index (χ4v) is 3.33. The van der Waals surface area contributed by atoms with Gasteiger partial charge in [0.05, 0.1) is 0 Å². The smallest absolute Gasteiger partial charge is 0.0340 e. The van der Waals surface area contributed by atoms with Crippen LogP contribution in [0.3, 0.4) is 0 Å². The first-order valence-corrected chi connectivity index (χ1v) is 8.87. The van der Waals surface area contributed by atoms with Gasteiger partial charge in [0.1, 0.15) is 0 Å². The molecule has 0 amide bonds. The van der Waals surface area contributed by atoms with Crippen LogP contribution < -0.4 is 5.32 Å². The van der Waals surface area contributed by atoms with E-state index >= 15 is 0 Å². The van der Waals surface area contributed by atoms with Crippen molar-refractivity contribution < 1.29 is 0 Å². The number of hydrogen-bond acceptors (Lipinski definition) is 2. The molecule has 0 heterocycles. The zero-order valence-corrected chi connectivity index (χ0v) is 13.9. The van der Waals surface area contributed by atoms with Crippen LogP contribution in [0.1, 0.15) is 57.9 Å². The van der Waals surface area contributed by atoms with E-state index in [0.717, 1.165) is 32.1 Å². The minimum atomic E-state index is 0.966. The second-order valence-electron chi connectivity index (χ2n) is 6.38. The molecule has 1 fully saturated rings. The molecule has 0 atom stereocenters. The summed E-state index contributed by atoms with van der Waals surface area (Å²) in [5, 5.41) is 3.59. The monoisotopic (exact) mass is 288 g/mol. The van der Waals surface area contributed by atoms with Gasteiger partial charge < -0.3 is 5.32 Å². The van der Waals surface area contributed by atoms with Crippen molar-refractivity contribution in [3.8, 4) is 0 Å². The minimum absolute atomic E-state index is 0.966. The highest BCUT2D eigenvalue weighted by Gasteiger charge is 2.12. The summed E-state index contributed by atoms with van der Waals surface area (Å²) < 4.78 is 0. The Bertz CT molecular complexity index is 375. The van der Waals surface area contributed by atoms with Gasteiger partial charge in [-0.2, -0.15) is 0 Å². The van der Waals surface area contributed by atoms with E-state index in [1.165, 1.54) is 49.8 Å². The molecule has 2 nitrogen and oxygen atoms in total. The van der Waals surface area contributed by atoms with E-state index < -0.39 is 0 Å². The van der Waals surface area contributed by atoms with Gasteiger partial charge >= 0.3 is 0 Å². The molecule has 0 radical (unpaired) electrons. The Kier molecular flexibility index (Phi) is 7.08. The van der Waals surface area contributed by atoms with Crippen molar-refractivity contribution in [2.75, 3.05) is 25.0 Å². The maximum Gasteiger partial charge on any atom is 0.0340 e. The molecule has 1 aromatic rings. The van der Waals surface area contributed by atoms with Crippen molar-refractivity contribution in [2.45, 2.75) is 58.9 Å². The molecule has 0 saturated heterocycles. The third-order valence-electron chi connectivity index (χ3n) is 4.86. The Morgan fingerprint density at radius 1 is 1.00 bits per heavy atom. The van der Waals surface area contributed by atoms with Gasteiger partial charge in [-0.15, -0.1) is 0 Å². The second-order valence-corrected chi connectivity index (χ2v) is 6.38. The Morgan fingerprint density at radius 3 is 2.29 bits per heavy atom. The van der Waals surface area contributed by atoms with E-state index in [0.29, 0.717) is 0 Å². The quantitative estimate of drug-likeness (QED) is 0.731. The Labute approximate surface area is 130 Å². The van der Waals surface area contributed by atoms with Gasteiger partial charge in [-0.05, 0) is 43.1 Å². The second kappa shape index (κ2) is 9.09. The van der Waals surface area contributed by atoms with E-state index in [2.05, 4.69) is 48.3 Å². The highest BCUT2D eigenvalue weighted by atomic mass is 15.1. The van der Waals surface area contributed by atoms with Crippen LogP contribution in [0, 0.1) is 5.92 Å². The number of benzene rings is 1. The first kappa shape index (κ1) is 16.4. The van der Waals surface area contributed by atoms with Gasteiger partial charge in [0.25, 0.3) is 0 Å². The van der Waals surface area contributed by atoms with Crippen LogP contribution in [0.4, 0.5) is 5.69 Å². The molecule has 0 spiro atoms. The molecule has 0 aliphatic heterocycles. The van der Waals surface area contributed by atoms with Gasteiger partial charge in [-0.3, -0.25) is 4.90 Å². The molecule has 21 heavy (non-hydrogen) atoms. The lowest BCUT2D eigenvalue weighted by molar-refractivity contribution is 0.296. The molecule has 1 aliphatic carbocycles. The molecule has 118 valence electrons. The van der Waals surface area contributed by atoms with E-state index in [1.54, 1.807) is 0 Å². The number of nitrogens with one attached hydrogen (secondary N) is 1. The van der Waals surface area contributed by atoms with Crippen LogP contribution >= 0.6 is 0 Å². The van der Waals surface area contributed by atoms with Crippen molar-refractivity contribution in [1.29, 1.82) is 0 Å². The summed E-state index contributed by atoms with van der Waals surface area (Å²) in [4.78, 5) is 2.45. The third kappa shape index (κ3) is 5.70. The highest BCUT2D eigenvalue weighted by molar-refractivity contribution is 5.44. The van der Waals surface area contributed by atoms with Crippen LogP contribution in [-0.4, -0.2) is 24.5 Å². The highest BCUT2D eigenvalue weighted by Crippen LogP contribution is 2.26. The number of nitrogens with zero attached hydrogens (tertiary/aromatic N) is 1. The topological polar surface area (TPSA) is 15.3 Å². The Morgan fingerprint density at radius 2 is 1.67 bits per heavy atom. The fourth-order valence-electron chi connectivity index (χ4n) is 3.33. The molecule has 1 saturated carbocycles. The van der Waals surface area contributed by atoms with E-state index in [9.17, 15) is 0 Å². The summed E-state index contributed by atoms with van der Waals surface area (Å²) in [5.41, 5.74) is 2.69. The molecular weight excluding hydrogens is 256 g/mol. The van der Waals surface area contributed by atoms with Crippen LogP contribution in [0.25, 0.3) is 0 Å². The molecule has 2 rings (SSSR count). The molecule has 1 aromatic carbocycles. The first-order valence-electron chi connectivity index (χ1n) is 8.87. The zero-order chi connectivity index (χ0) is 14.9. The largest absolute Gasteiger partial charge is 0.385 e. The summed E-state index contributed by atoms with van der Waals surface area (Å²) in [6.45, 7) is 8.89. The molecule has 1 N–H and O–H groups in total. The standard InChI is InChI=1S/C19H32N2/c1-3-21(4-2)16-18-10-12-19(13-11-18)20-15-14-17-8-6-5-7-9-17/h10-13,17,20H,3-9,14-16H2,1-2H3. The van der Waals surface area contributed by atoms with Gasteiger partial charge in [-0.25, -0.2) is 0 Å². The summed E-state index contributed by atoms with van der Waals surface area (Å²) in [6, 6.07) is 9.00. The number of anilines is 1. The lowest BCUT2D eigenvalue weighted by atomic mass is 9.87.